The van der Waals surface area contributed by atoms with Crippen molar-refractivity contribution in [1.82, 2.24) is 4.90 Å². The predicted molar refractivity (Wildman–Crippen MR) is 116 cm³/mol. The van der Waals surface area contributed by atoms with Gasteiger partial charge < -0.3 is 14.4 Å². The lowest BCUT2D eigenvalue weighted by atomic mass is 9.94. The molecule has 0 saturated carbocycles. The Bertz CT molecular complexity index is 1030. The Balaban J connectivity index is 1.28. The molecule has 30 heavy (non-hydrogen) atoms. The zero-order valence-corrected chi connectivity index (χ0v) is 17.0. The molecule has 2 amide bonds. The third-order valence-electron chi connectivity index (χ3n) is 6.87. The summed E-state index contributed by atoms with van der Waals surface area (Å²) in [6.07, 6.45) is 7.40. The molecule has 4 aliphatic heterocycles. The summed E-state index contributed by atoms with van der Waals surface area (Å²) in [5.74, 6) is 1.65. The standard InChI is InChI=1S/C25H26N2O3/c28-25(26-11-3-5-17-4-1-2-6-22(17)26)27-20-8-9-21(27)15-19(14-20)18-7-10-23-24(16-18)30-13-12-29-23/h1-2,4,6-7,10,14,16,20-21H,3,5,8-9,11-13,15H2. The monoisotopic (exact) mass is 402 g/mol. The van der Waals surface area contributed by atoms with Crippen LogP contribution < -0.4 is 14.4 Å². The highest BCUT2D eigenvalue weighted by atomic mass is 16.6. The van der Waals surface area contributed by atoms with Crippen molar-refractivity contribution in [2.45, 2.75) is 44.2 Å². The third-order valence-corrected chi connectivity index (χ3v) is 6.87. The maximum absolute atomic E-state index is 13.6. The lowest BCUT2D eigenvalue weighted by Gasteiger charge is -2.39. The molecular formula is C25H26N2O3. The van der Waals surface area contributed by atoms with Gasteiger partial charge in [0.15, 0.2) is 11.5 Å². The van der Waals surface area contributed by atoms with E-state index in [-0.39, 0.29) is 18.1 Å². The Hall–Kier alpha value is -2.95. The van der Waals surface area contributed by atoms with Crippen LogP contribution in [0, 0.1) is 0 Å². The maximum atomic E-state index is 13.6. The van der Waals surface area contributed by atoms with Crippen LogP contribution in [0.4, 0.5) is 10.5 Å². The first kappa shape index (κ1) is 17.9. The number of benzene rings is 2. The molecule has 0 aliphatic carbocycles. The number of hydrogen-bond acceptors (Lipinski definition) is 3. The van der Waals surface area contributed by atoms with Crippen LogP contribution in [-0.4, -0.2) is 42.8 Å². The fourth-order valence-electron chi connectivity index (χ4n) is 5.46. The highest BCUT2D eigenvalue weighted by Gasteiger charge is 2.42. The molecule has 4 aliphatic rings. The second kappa shape index (κ2) is 7.08. The smallest absolute Gasteiger partial charge is 0.325 e. The Labute approximate surface area is 176 Å². The van der Waals surface area contributed by atoms with Crippen LogP contribution in [0.5, 0.6) is 11.5 Å². The molecule has 5 heteroatoms. The van der Waals surface area contributed by atoms with Crippen LogP contribution in [0.25, 0.3) is 5.57 Å². The fourth-order valence-corrected chi connectivity index (χ4v) is 5.46. The minimum Gasteiger partial charge on any atom is -0.486 e. The van der Waals surface area contributed by atoms with Gasteiger partial charge in [0.2, 0.25) is 0 Å². The van der Waals surface area contributed by atoms with Crippen LogP contribution in [0.2, 0.25) is 0 Å². The van der Waals surface area contributed by atoms with Crippen molar-refractivity contribution in [1.29, 1.82) is 0 Å². The number of carbonyl (C=O) groups is 1. The number of ether oxygens (including phenoxy) is 2. The van der Waals surface area contributed by atoms with E-state index in [0.717, 1.165) is 55.8 Å². The molecule has 6 rings (SSSR count). The van der Waals surface area contributed by atoms with Gasteiger partial charge in [-0.3, -0.25) is 4.90 Å². The molecule has 1 saturated heterocycles. The van der Waals surface area contributed by atoms with Gasteiger partial charge in [-0.25, -0.2) is 4.79 Å². The molecule has 1 fully saturated rings. The summed E-state index contributed by atoms with van der Waals surface area (Å²) in [5.41, 5.74) is 4.89. The van der Waals surface area contributed by atoms with Gasteiger partial charge in [0.1, 0.15) is 13.2 Å². The zero-order chi connectivity index (χ0) is 20.1. The number of anilines is 1. The second-order valence-electron chi connectivity index (χ2n) is 8.63. The third kappa shape index (κ3) is 2.87. The predicted octanol–water partition coefficient (Wildman–Crippen LogP) is 4.65. The van der Waals surface area contributed by atoms with Gasteiger partial charge in [0.25, 0.3) is 0 Å². The lowest BCUT2D eigenvalue weighted by molar-refractivity contribution is 0.171. The topological polar surface area (TPSA) is 42.0 Å². The summed E-state index contributed by atoms with van der Waals surface area (Å²) < 4.78 is 11.4. The fraction of sp³-hybridized carbons (Fsp3) is 0.400. The molecule has 2 aromatic rings. The number of urea groups is 1. The Morgan fingerprint density at radius 3 is 2.77 bits per heavy atom. The normalized spacial score (nSPS) is 24.3. The summed E-state index contributed by atoms with van der Waals surface area (Å²) >= 11 is 0. The van der Waals surface area contributed by atoms with E-state index in [4.69, 9.17) is 9.47 Å². The van der Waals surface area contributed by atoms with Crippen molar-refractivity contribution in [2.24, 2.45) is 0 Å². The summed E-state index contributed by atoms with van der Waals surface area (Å²) in [4.78, 5) is 17.7. The molecule has 5 nitrogen and oxygen atoms in total. The van der Waals surface area contributed by atoms with Crippen LogP contribution in [-0.2, 0) is 6.42 Å². The van der Waals surface area contributed by atoms with E-state index in [1.54, 1.807) is 0 Å². The van der Waals surface area contributed by atoms with Gasteiger partial charge in [0.05, 0.1) is 6.04 Å². The first-order valence-corrected chi connectivity index (χ1v) is 11.1. The van der Waals surface area contributed by atoms with Gasteiger partial charge in [-0.05, 0) is 67.0 Å². The average molecular weight is 402 g/mol. The van der Waals surface area contributed by atoms with E-state index in [9.17, 15) is 4.79 Å². The maximum Gasteiger partial charge on any atom is 0.325 e. The highest BCUT2D eigenvalue weighted by Crippen LogP contribution is 2.42. The molecule has 0 spiro atoms. The van der Waals surface area contributed by atoms with Gasteiger partial charge >= 0.3 is 6.03 Å². The molecule has 154 valence electrons. The SMILES string of the molecule is O=C(N1CCCc2ccccc21)N1C2C=C(c3ccc4c(c3)OCCO4)CC1CC2. The number of fused-ring (bicyclic) bond motifs is 4. The number of hydrogen-bond donors (Lipinski definition) is 0. The van der Waals surface area contributed by atoms with Crippen LogP contribution >= 0.6 is 0 Å². The number of rotatable bonds is 1. The van der Waals surface area contributed by atoms with Gasteiger partial charge in [-0.2, -0.15) is 0 Å². The summed E-state index contributed by atoms with van der Waals surface area (Å²) in [6.45, 7) is 2.01. The van der Waals surface area contributed by atoms with E-state index >= 15 is 0 Å². The molecule has 0 aromatic heterocycles. The highest BCUT2D eigenvalue weighted by molar-refractivity contribution is 5.94. The van der Waals surface area contributed by atoms with E-state index in [1.165, 1.54) is 16.7 Å². The minimum atomic E-state index is 0.173. The molecule has 2 atom stereocenters. The van der Waals surface area contributed by atoms with Crippen molar-refractivity contribution in [2.75, 3.05) is 24.7 Å². The quantitative estimate of drug-likeness (QED) is 0.697. The van der Waals surface area contributed by atoms with Crippen LogP contribution in [0.1, 0.15) is 36.8 Å². The largest absolute Gasteiger partial charge is 0.486 e. The van der Waals surface area contributed by atoms with Crippen molar-refractivity contribution < 1.29 is 14.3 Å². The molecule has 0 N–H and O–H groups in total. The molecular weight excluding hydrogens is 376 g/mol. The average Bonchev–Trinajstić information content (AvgIpc) is 3.07. The number of nitrogens with zero attached hydrogens (tertiary/aromatic N) is 2. The van der Waals surface area contributed by atoms with Crippen LogP contribution in [0.15, 0.2) is 48.5 Å². The molecule has 2 aromatic carbocycles. The van der Waals surface area contributed by atoms with Crippen molar-refractivity contribution in [3.63, 3.8) is 0 Å². The Morgan fingerprint density at radius 1 is 1.00 bits per heavy atom. The van der Waals surface area contributed by atoms with Gasteiger partial charge in [-0.1, -0.05) is 30.3 Å². The molecule has 2 unspecified atom stereocenters. The van der Waals surface area contributed by atoms with E-state index in [2.05, 4.69) is 41.3 Å². The van der Waals surface area contributed by atoms with Gasteiger partial charge in [0, 0.05) is 18.3 Å². The molecule has 0 radical (unpaired) electrons. The summed E-state index contributed by atoms with van der Waals surface area (Å²) in [6, 6.07) is 15.2. The minimum absolute atomic E-state index is 0.173. The van der Waals surface area contributed by atoms with Gasteiger partial charge in [-0.15, -0.1) is 0 Å². The number of carbonyl (C=O) groups excluding carboxylic acids is 1. The van der Waals surface area contributed by atoms with Crippen molar-refractivity contribution in [3.8, 4) is 11.5 Å². The van der Waals surface area contributed by atoms with E-state index < -0.39 is 0 Å². The molecule has 4 heterocycles. The van der Waals surface area contributed by atoms with E-state index in [1.807, 2.05) is 17.0 Å². The first-order chi connectivity index (χ1) is 14.8. The first-order valence-electron chi connectivity index (χ1n) is 11.1. The lowest BCUT2D eigenvalue weighted by Crippen LogP contribution is -2.51. The number of aryl methyl sites for hydroxylation is 1. The van der Waals surface area contributed by atoms with Crippen LogP contribution in [0.3, 0.4) is 0 Å². The number of para-hydroxylation sites is 1. The van der Waals surface area contributed by atoms with Crippen molar-refractivity contribution in [3.05, 3.63) is 59.7 Å². The van der Waals surface area contributed by atoms with E-state index in [0.29, 0.717) is 13.2 Å². The summed E-state index contributed by atoms with van der Waals surface area (Å²) in [5, 5.41) is 0. The van der Waals surface area contributed by atoms with Crippen molar-refractivity contribution >= 4 is 17.3 Å². The zero-order valence-electron chi connectivity index (χ0n) is 17.0. The number of amides is 2. The Morgan fingerprint density at radius 2 is 1.87 bits per heavy atom. The summed E-state index contributed by atoms with van der Waals surface area (Å²) in [7, 11) is 0. The molecule has 2 bridgehead atoms. The Kier molecular flexibility index (Phi) is 4.22. The second-order valence-corrected chi connectivity index (χ2v) is 8.63.